The fourth-order valence-electron chi connectivity index (χ4n) is 9.07. The van der Waals surface area contributed by atoms with Crippen molar-refractivity contribution in [2.24, 2.45) is 0 Å². The lowest BCUT2D eigenvalue weighted by molar-refractivity contribution is 1.18. The van der Waals surface area contributed by atoms with Crippen LogP contribution in [-0.4, -0.2) is 9.13 Å². The van der Waals surface area contributed by atoms with Gasteiger partial charge in [0.05, 0.1) is 27.8 Å². The van der Waals surface area contributed by atoms with E-state index in [9.17, 15) is 0 Å². The minimum atomic E-state index is 1.16. The molecule has 3 heterocycles. The first-order chi connectivity index (χ1) is 27.3. The first kappa shape index (κ1) is 30.5. The first-order valence-corrected chi connectivity index (χ1v) is 19.7. The maximum Gasteiger partial charge on any atom is 0.0541 e. The van der Waals surface area contributed by atoms with Gasteiger partial charge >= 0.3 is 0 Å². The number of hydrogen-bond donors (Lipinski definition) is 0. The summed E-state index contributed by atoms with van der Waals surface area (Å²) in [5, 5.41) is 10.2. The van der Waals surface area contributed by atoms with E-state index in [-0.39, 0.29) is 0 Å². The van der Waals surface area contributed by atoms with Crippen LogP contribution in [0.4, 0.5) is 0 Å². The third kappa shape index (κ3) is 4.54. The molecule has 0 fully saturated rings. The summed E-state index contributed by atoms with van der Waals surface area (Å²) in [5.74, 6) is 0. The zero-order valence-corrected chi connectivity index (χ0v) is 30.6. The molecule has 2 nitrogen and oxygen atoms in total. The van der Waals surface area contributed by atoms with Gasteiger partial charge in [0.2, 0.25) is 0 Å². The first-order valence-electron chi connectivity index (χ1n) is 18.8. The fraction of sp³-hybridized carbons (Fsp3) is 0. The van der Waals surface area contributed by atoms with Crippen LogP contribution in [-0.2, 0) is 0 Å². The van der Waals surface area contributed by atoms with Crippen molar-refractivity contribution in [1.82, 2.24) is 9.13 Å². The van der Waals surface area contributed by atoms with Gasteiger partial charge in [-0.2, -0.15) is 0 Å². The van der Waals surface area contributed by atoms with Crippen LogP contribution in [0.25, 0.3) is 108 Å². The molecule has 0 amide bonds. The quantitative estimate of drug-likeness (QED) is 0.172. The van der Waals surface area contributed by atoms with Crippen molar-refractivity contribution in [2.45, 2.75) is 0 Å². The molecule has 0 spiro atoms. The van der Waals surface area contributed by atoms with Crippen molar-refractivity contribution in [3.63, 3.8) is 0 Å². The van der Waals surface area contributed by atoms with Crippen LogP contribution < -0.4 is 0 Å². The van der Waals surface area contributed by atoms with Crippen molar-refractivity contribution in [1.29, 1.82) is 0 Å². The van der Waals surface area contributed by atoms with Gasteiger partial charge in [-0.25, -0.2) is 0 Å². The zero-order chi connectivity index (χ0) is 36.0. The van der Waals surface area contributed by atoms with E-state index in [1.807, 2.05) is 11.3 Å². The van der Waals surface area contributed by atoms with Crippen LogP contribution in [0, 0.1) is 0 Å². The summed E-state index contributed by atoms with van der Waals surface area (Å²) in [6.45, 7) is 0. The predicted molar refractivity (Wildman–Crippen MR) is 236 cm³/mol. The van der Waals surface area contributed by atoms with Crippen molar-refractivity contribution >= 4 is 85.9 Å². The highest BCUT2D eigenvalue weighted by atomic mass is 32.1. The minimum absolute atomic E-state index is 1.16. The Balaban J connectivity index is 1.02. The number of nitrogens with zero attached hydrogens (tertiary/aromatic N) is 2. The van der Waals surface area contributed by atoms with Crippen LogP contribution in [0.2, 0.25) is 0 Å². The fourth-order valence-corrected chi connectivity index (χ4v) is 10.2. The van der Waals surface area contributed by atoms with E-state index in [1.54, 1.807) is 0 Å². The summed E-state index contributed by atoms with van der Waals surface area (Å²) < 4.78 is 7.52. The summed E-state index contributed by atoms with van der Waals surface area (Å²) in [5.41, 5.74) is 12.1. The number of thiophene rings is 1. The Bertz CT molecular complexity index is 3500. The van der Waals surface area contributed by atoms with E-state index in [2.05, 4.69) is 203 Å². The molecule has 0 aliphatic carbocycles. The van der Waals surface area contributed by atoms with Gasteiger partial charge in [0.1, 0.15) is 0 Å². The molecule has 0 saturated carbocycles. The van der Waals surface area contributed by atoms with Gasteiger partial charge in [-0.15, -0.1) is 11.3 Å². The van der Waals surface area contributed by atoms with Crippen LogP contribution >= 0.6 is 11.3 Å². The van der Waals surface area contributed by atoms with E-state index >= 15 is 0 Å². The molecule has 0 N–H and O–H groups in total. The maximum absolute atomic E-state index is 2.44. The predicted octanol–water partition coefficient (Wildman–Crippen LogP) is 14.7. The Morgan fingerprint density at radius 2 is 0.891 bits per heavy atom. The summed E-state index contributed by atoms with van der Waals surface area (Å²) in [4.78, 5) is 0. The molecule has 3 aromatic heterocycles. The Morgan fingerprint density at radius 3 is 1.67 bits per heavy atom. The second-order valence-corrected chi connectivity index (χ2v) is 15.6. The molecular formula is C52H32N2S. The molecule has 0 bridgehead atoms. The average Bonchev–Trinajstić information content (AvgIpc) is 3.91. The van der Waals surface area contributed by atoms with Gasteiger partial charge in [-0.1, -0.05) is 127 Å². The number of aromatic nitrogens is 2. The number of hydrogen-bond acceptors (Lipinski definition) is 1. The molecule has 0 radical (unpaired) electrons. The van der Waals surface area contributed by atoms with Crippen LogP contribution in [0.15, 0.2) is 194 Å². The molecule has 256 valence electrons. The number of para-hydroxylation sites is 2. The van der Waals surface area contributed by atoms with Gasteiger partial charge in [-0.3, -0.25) is 0 Å². The molecule has 0 aliphatic heterocycles. The zero-order valence-electron chi connectivity index (χ0n) is 29.8. The third-order valence-electron chi connectivity index (χ3n) is 11.5. The van der Waals surface area contributed by atoms with E-state index in [0.717, 1.165) is 5.69 Å². The molecule has 0 unspecified atom stereocenters. The SMILES string of the molecule is c1cc(-c2cccc3sc4ccccc4c23)cc(-n2c3ccccc3c3cc(-c4ccc5c(c4)c4ccccc4n5-c4cccc5ccccc45)ccc32)c1. The van der Waals surface area contributed by atoms with E-state index in [0.29, 0.717) is 0 Å². The Hall–Kier alpha value is -6.94. The summed E-state index contributed by atoms with van der Waals surface area (Å²) in [6.07, 6.45) is 0. The van der Waals surface area contributed by atoms with Crippen LogP contribution in [0.5, 0.6) is 0 Å². The summed E-state index contributed by atoms with van der Waals surface area (Å²) in [7, 11) is 0. The third-order valence-corrected chi connectivity index (χ3v) is 12.6. The number of benzene rings is 9. The van der Waals surface area contributed by atoms with Gasteiger partial charge in [-0.05, 0) is 94.4 Å². The Morgan fingerprint density at radius 1 is 0.327 bits per heavy atom. The lowest BCUT2D eigenvalue weighted by atomic mass is 9.99. The van der Waals surface area contributed by atoms with Crippen molar-refractivity contribution in [3.05, 3.63) is 194 Å². The van der Waals surface area contributed by atoms with E-state index < -0.39 is 0 Å². The lowest BCUT2D eigenvalue weighted by Gasteiger charge is -2.12. The highest BCUT2D eigenvalue weighted by Gasteiger charge is 2.18. The van der Waals surface area contributed by atoms with Crippen molar-refractivity contribution in [2.75, 3.05) is 0 Å². The highest BCUT2D eigenvalue weighted by molar-refractivity contribution is 7.25. The van der Waals surface area contributed by atoms with Crippen LogP contribution in [0.3, 0.4) is 0 Å². The topological polar surface area (TPSA) is 9.86 Å². The Kier molecular flexibility index (Phi) is 6.54. The van der Waals surface area contributed by atoms with Gasteiger partial charge in [0.25, 0.3) is 0 Å². The lowest BCUT2D eigenvalue weighted by Crippen LogP contribution is -1.95. The number of fused-ring (bicyclic) bond motifs is 10. The van der Waals surface area contributed by atoms with Gasteiger partial charge < -0.3 is 9.13 Å². The molecule has 0 atom stereocenters. The standard InChI is InChI=1S/C52H32N2S/c1-2-16-38-33(12-1)13-10-23-45(38)54-47-22-7-4-18-41(47)44-32-35(27-29-49(44)54)34-26-28-48-43(31-34)40-17-3-6-21-46(40)53(48)37-15-9-14-36(30-37)39-20-11-25-51-52(39)42-19-5-8-24-50(42)55-51/h1-32H. The van der Waals surface area contributed by atoms with E-state index in [4.69, 9.17) is 0 Å². The molecule has 9 aromatic carbocycles. The normalized spacial score (nSPS) is 12.0. The Labute approximate surface area is 321 Å². The van der Waals surface area contributed by atoms with Crippen molar-refractivity contribution in [3.8, 4) is 33.6 Å². The largest absolute Gasteiger partial charge is 0.309 e. The second-order valence-electron chi connectivity index (χ2n) is 14.5. The monoisotopic (exact) mass is 716 g/mol. The molecular weight excluding hydrogens is 685 g/mol. The average molecular weight is 717 g/mol. The maximum atomic E-state index is 2.44. The highest BCUT2D eigenvalue weighted by Crippen LogP contribution is 2.42. The molecule has 3 heteroatoms. The molecule has 55 heavy (non-hydrogen) atoms. The molecule has 0 aliphatic rings. The second kappa shape index (κ2) is 11.8. The molecule has 0 saturated heterocycles. The summed E-state index contributed by atoms with van der Waals surface area (Å²) in [6, 6.07) is 71.5. The minimum Gasteiger partial charge on any atom is -0.309 e. The van der Waals surface area contributed by atoms with E-state index in [1.165, 1.54) is 102 Å². The van der Waals surface area contributed by atoms with Crippen molar-refractivity contribution < 1.29 is 0 Å². The smallest absolute Gasteiger partial charge is 0.0541 e. The van der Waals surface area contributed by atoms with Crippen LogP contribution in [0.1, 0.15) is 0 Å². The van der Waals surface area contributed by atoms with Gasteiger partial charge in [0.15, 0.2) is 0 Å². The summed E-state index contributed by atoms with van der Waals surface area (Å²) >= 11 is 1.87. The molecule has 12 rings (SSSR count). The molecule has 12 aromatic rings. The number of rotatable bonds is 4. The van der Waals surface area contributed by atoms with Gasteiger partial charge in [0, 0.05) is 52.8 Å².